The van der Waals surface area contributed by atoms with Crippen molar-refractivity contribution in [2.75, 3.05) is 26.1 Å². The molecule has 1 atom stereocenters. The summed E-state index contributed by atoms with van der Waals surface area (Å²) in [6, 6.07) is 5.76. The summed E-state index contributed by atoms with van der Waals surface area (Å²) in [7, 11) is 2.97. The highest BCUT2D eigenvalue weighted by Crippen LogP contribution is 2.35. The first-order chi connectivity index (χ1) is 13.3. The number of aromatic nitrogens is 1. The average Bonchev–Trinajstić information content (AvgIpc) is 3.17. The van der Waals surface area contributed by atoms with E-state index in [0.29, 0.717) is 22.8 Å². The number of amides is 4. The van der Waals surface area contributed by atoms with Crippen LogP contribution in [-0.2, 0) is 15.1 Å². The number of benzene rings is 1. The molecule has 0 bridgehead atoms. The van der Waals surface area contributed by atoms with Crippen molar-refractivity contribution in [3.05, 3.63) is 35.6 Å². The second-order valence-corrected chi connectivity index (χ2v) is 6.39. The fraction of sp³-hybridized carbons (Fsp3) is 0.333. The SMILES string of the molecule is COc1ccc([C@]2(C)NC(=O)N(CC(=O)Nc3cc(C)on3)C2=O)cc1OC. The highest BCUT2D eigenvalue weighted by atomic mass is 16.5. The van der Waals surface area contributed by atoms with Gasteiger partial charge in [-0.15, -0.1) is 0 Å². The number of methoxy groups -OCH3 is 2. The second kappa shape index (κ2) is 7.22. The summed E-state index contributed by atoms with van der Waals surface area (Å²) in [5.74, 6) is 0.500. The van der Waals surface area contributed by atoms with Crippen LogP contribution in [0.25, 0.3) is 0 Å². The van der Waals surface area contributed by atoms with Crippen LogP contribution < -0.4 is 20.1 Å². The fourth-order valence-electron chi connectivity index (χ4n) is 2.93. The zero-order valence-corrected chi connectivity index (χ0v) is 15.9. The molecule has 0 radical (unpaired) electrons. The molecular formula is C18H20N4O6. The summed E-state index contributed by atoms with van der Waals surface area (Å²) < 4.78 is 15.3. The van der Waals surface area contributed by atoms with Gasteiger partial charge in [-0.3, -0.25) is 14.5 Å². The van der Waals surface area contributed by atoms with Gasteiger partial charge in [0, 0.05) is 6.07 Å². The molecular weight excluding hydrogens is 368 g/mol. The minimum Gasteiger partial charge on any atom is -0.493 e. The molecule has 0 spiro atoms. The molecule has 3 rings (SSSR count). The van der Waals surface area contributed by atoms with Crippen molar-refractivity contribution in [1.29, 1.82) is 0 Å². The van der Waals surface area contributed by atoms with Crippen molar-refractivity contribution in [3.63, 3.8) is 0 Å². The molecule has 148 valence electrons. The summed E-state index contributed by atoms with van der Waals surface area (Å²) in [5, 5.41) is 8.76. The normalized spacial score (nSPS) is 18.8. The molecule has 2 aromatic rings. The van der Waals surface area contributed by atoms with Crippen LogP contribution in [0.3, 0.4) is 0 Å². The Morgan fingerprint density at radius 1 is 1.25 bits per heavy atom. The molecule has 0 aliphatic carbocycles. The summed E-state index contributed by atoms with van der Waals surface area (Å²) in [4.78, 5) is 38.4. The van der Waals surface area contributed by atoms with Crippen molar-refractivity contribution >= 4 is 23.7 Å². The predicted molar refractivity (Wildman–Crippen MR) is 97.0 cm³/mol. The number of carbonyl (C=O) groups is 3. The van der Waals surface area contributed by atoms with E-state index >= 15 is 0 Å². The number of anilines is 1. The van der Waals surface area contributed by atoms with E-state index in [1.54, 1.807) is 32.0 Å². The van der Waals surface area contributed by atoms with Crippen LogP contribution in [0.5, 0.6) is 11.5 Å². The summed E-state index contributed by atoms with van der Waals surface area (Å²) in [6.07, 6.45) is 0. The lowest BCUT2D eigenvalue weighted by Crippen LogP contribution is -2.42. The molecule has 1 saturated heterocycles. The topological polar surface area (TPSA) is 123 Å². The third-order valence-corrected chi connectivity index (χ3v) is 4.43. The average molecular weight is 388 g/mol. The van der Waals surface area contributed by atoms with Crippen molar-refractivity contribution in [2.24, 2.45) is 0 Å². The van der Waals surface area contributed by atoms with Gasteiger partial charge in [-0.1, -0.05) is 11.2 Å². The maximum absolute atomic E-state index is 12.9. The number of nitrogens with one attached hydrogen (secondary N) is 2. The van der Waals surface area contributed by atoms with Crippen LogP contribution >= 0.6 is 0 Å². The highest BCUT2D eigenvalue weighted by molar-refractivity contribution is 6.10. The molecule has 1 fully saturated rings. The lowest BCUT2D eigenvalue weighted by molar-refractivity contribution is -0.133. The van der Waals surface area contributed by atoms with E-state index in [2.05, 4.69) is 15.8 Å². The number of rotatable bonds is 6. The number of ether oxygens (including phenoxy) is 2. The molecule has 28 heavy (non-hydrogen) atoms. The predicted octanol–water partition coefficient (Wildman–Crippen LogP) is 1.41. The summed E-state index contributed by atoms with van der Waals surface area (Å²) >= 11 is 0. The van der Waals surface area contributed by atoms with Crippen LogP contribution in [0.1, 0.15) is 18.2 Å². The van der Waals surface area contributed by atoms with Crippen molar-refractivity contribution in [2.45, 2.75) is 19.4 Å². The van der Waals surface area contributed by atoms with E-state index in [1.165, 1.54) is 20.3 Å². The quantitative estimate of drug-likeness (QED) is 0.717. The summed E-state index contributed by atoms with van der Waals surface area (Å²) in [5.41, 5.74) is -0.847. The number of hydrogen-bond acceptors (Lipinski definition) is 7. The second-order valence-electron chi connectivity index (χ2n) is 6.39. The van der Waals surface area contributed by atoms with Gasteiger partial charge in [-0.05, 0) is 31.5 Å². The van der Waals surface area contributed by atoms with Crippen LogP contribution in [0.2, 0.25) is 0 Å². The van der Waals surface area contributed by atoms with E-state index in [1.807, 2.05) is 0 Å². The van der Waals surface area contributed by atoms with E-state index in [-0.39, 0.29) is 5.82 Å². The number of hydrogen-bond donors (Lipinski definition) is 2. The first-order valence-electron chi connectivity index (χ1n) is 8.38. The zero-order valence-electron chi connectivity index (χ0n) is 15.9. The lowest BCUT2D eigenvalue weighted by Gasteiger charge is -2.23. The molecule has 2 heterocycles. The molecule has 10 heteroatoms. The third kappa shape index (κ3) is 3.36. The fourth-order valence-corrected chi connectivity index (χ4v) is 2.93. The lowest BCUT2D eigenvalue weighted by atomic mass is 9.91. The zero-order chi connectivity index (χ0) is 20.5. The Morgan fingerprint density at radius 3 is 2.57 bits per heavy atom. The van der Waals surface area contributed by atoms with Gasteiger partial charge in [0.05, 0.1) is 14.2 Å². The molecule has 1 aromatic carbocycles. The standard InChI is InChI=1S/C18H20N4O6/c1-10-7-14(21-28-10)19-15(23)9-22-16(24)18(2,20-17(22)25)11-5-6-12(26-3)13(8-11)27-4/h5-8H,9H2,1-4H3,(H,20,25)(H,19,21,23)/t18-/m0/s1. The van der Waals surface area contributed by atoms with E-state index < -0.39 is 29.9 Å². The molecule has 0 unspecified atom stereocenters. The number of aryl methyl sites for hydroxylation is 1. The van der Waals surface area contributed by atoms with Gasteiger partial charge in [0.25, 0.3) is 5.91 Å². The van der Waals surface area contributed by atoms with Crippen LogP contribution in [-0.4, -0.2) is 48.7 Å². The van der Waals surface area contributed by atoms with Crippen molar-refractivity contribution in [3.8, 4) is 11.5 Å². The van der Waals surface area contributed by atoms with E-state index in [9.17, 15) is 14.4 Å². The van der Waals surface area contributed by atoms with Gasteiger partial charge in [-0.2, -0.15) is 0 Å². The van der Waals surface area contributed by atoms with Crippen molar-refractivity contribution in [1.82, 2.24) is 15.4 Å². The molecule has 10 nitrogen and oxygen atoms in total. The Bertz CT molecular complexity index is 940. The largest absolute Gasteiger partial charge is 0.493 e. The smallest absolute Gasteiger partial charge is 0.325 e. The van der Waals surface area contributed by atoms with Gasteiger partial charge < -0.3 is 24.6 Å². The number of nitrogens with zero attached hydrogens (tertiary/aromatic N) is 2. The Hall–Kier alpha value is -3.56. The van der Waals surface area contributed by atoms with Gasteiger partial charge in [0.2, 0.25) is 5.91 Å². The molecule has 1 aromatic heterocycles. The van der Waals surface area contributed by atoms with Crippen molar-refractivity contribution < 1.29 is 28.4 Å². The van der Waals surface area contributed by atoms with Gasteiger partial charge in [0.1, 0.15) is 17.8 Å². The van der Waals surface area contributed by atoms with E-state index in [4.69, 9.17) is 14.0 Å². The van der Waals surface area contributed by atoms with Crippen LogP contribution in [0, 0.1) is 6.92 Å². The van der Waals surface area contributed by atoms with Crippen LogP contribution in [0.15, 0.2) is 28.8 Å². The molecule has 2 N–H and O–H groups in total. The number of urea groups is 1. The minimum atomic E-state index is -1.35. The Labute approximate surface area is 160 Å². The third-order valence-electron chi connectivity index (χ3n) is 4.43. The minimum absolute atomic E-state index is 0.206. The van der Waals surface area contributed by atoms with Gasteiger partial charge in [0.15, 0.2) is 17.3 Å². The number of imide groups is 1. The maximum Gasteiger partial charge on any atom is 0.325 e. The summed E-state index contributed by atoms with van der Waals surface area (Å²) in [6.45, 7) is 2.78. The highest BCUT2D eigenvalue weighted by Gasteiger charge is 2.49. The maximum atomic E-state index is 12.9. The molecule has 1 aliphatic heterocycles. The first kappa shape index (κ1) is 19.2. The Morgan fingerprint density at radius 2 is 1.96 bits per heavy atom. The molecule has 4 amide bonds. The molecule has 1 aliphatic rings. The first-order valence-corrected chi connectivity index (χ1v) is 8.38. The Balaban J connectivity index is 1.79. The number of carbonyl (C=O) groups excluding carboxylic acids is 3. The monoisotopic (exact) mass is 388 g/mol. The van der Waals surface area contributed by atoms with Gasteiger partial charge in [-0.25, -0.2) is 4.79 Å². The van der Waals surface area contributed by atoms with E-state index in [0.717, 1.165) is 4.90 Å². The molecule has 0 saturated carbocycles. The van der Waals surface area contributed by atoms with Crippen LogP contribution in [0.4, 0.5) is 10.6 Å². The van der Waals surface area contributed by atoms with Gasteiger partial charge >= 0.3 is 6.03 Å². The Kier molecular flexibility index (Phi) is 4.95.